The van der Waals surface area contributed by atoms with Crippen molar-refractivity contribution >= 4 is 0 Å². The summed E-state index contributed by atoms with van der Waals surface area (Å²) in [4.78, 5) is 0. The standard InChI is InChI=1S/C14H27NO2/c1-11-5-7-14(8-6-11)17-10-13(16)9-15-12-3-2-4-12/h11-16H,2-10H2,1H3. The van der Waals surface area contributed by atoms with E-state index in [0.717, 1.165) is 5.92 Å². The molecule has 0 spiro atoms. The van der Waals surface area contributed by atoms with Gasteiger partial charge in [-0.3, -0.25) is 0 Å². The van der Waals surface area contributed by atoms with Crippen LogP contribution in [0.15, 0.2) is 0 Å². The first-order chi connectivity index (χ1) is 8.24. The maximum atomic E-state index is 9.81. The van der Waals surface area contributed by atoms with Crippen LogP contribution in [-0.4, -0.2) is 36.5 Å². The lowest BCUT2D eigenvalue weighted by molar-refractivity contribution is -0.0289. The minimum absolute atomic E-state index is 0.338. The first-order valence-electron chi connectivity index (χ1n) is 7.27. The van der Waals surface area contributed by atoms with E-state index in [-0.39, 0.29) is 6.10 Å². The van der Waals surface area contributed by atoms with E-state index in [2.05, 4.69) is 12.2 Å². The van der Waals surface area contributed by atoms with Gasteiger partial charge in [-0.1, -0.05) is 13.3 Å². The Labute approximate surface area is 105 Å². The van der Waals surface area contributed by atoms with Crippen molar-refractivity contribution in [3.8, 4) is 0 Å². The van der Waals surface area contributed by atoms with Crippen molar-refractivity contribution in [2.45, 2.75) is 70.1 Å². The quantitative estimate of drug-likeness (QED) is 0.748. The number of aliphatic hydroxyl groups excluding tert-OH is 1. The van der Waals surface area contributed by atoms with Gasteiger partial charge in [-0.2, -0.15) is 0 Å². The Hall–Kier alpha value is -0.120. The lowest BCUT2D eigenvalue weighted by Gasteiger charge is -2.29. The van der Waals surface area contributed by atoms with Crippen LogP contribution in [0.5, 0.6) is 0 Å². The van der Waals surface area contributed by atoms with Gasteiger partial charge in [0.2, 0.25) is 0 Å². The zero-order chi connectivity index (χ0) is 12.1. The molecule has 0 aliphatic heterocycles. The zero-order valence-corrected chi connectivity index (χ0v) is 11.0. The molecule has 0 saturated heterocycles. The third-order valence-electron chi connectivity index (χ3n) is 4.23. The van der Waals surface area contributed by atoms with Crippen LogP contribution in [-0.2, 0) is 4.74 Å². The predicted octanol–water partition coefficient (Wildman–Crippen LogP) is 2.08. The Morgan fingerprint density at radius 3 is 2.47 bits per heavy atom. The highest BCUT2D eigenvalue weighted by molar-refractivity contribution is 4.77. The van der Waals surface area contributed by atoms with Gasteiger partial charge in [0.25, 0.3) is 0 Å². The van der Waals surface area contributed by atoms with Crippen LogP contribution in [0.25, 0.3) is 0 Å². The van der Waals surface area contributed by atoms with Crippen molar-refractivity contribution in [2.75, 3.05) is 13.2 Å². The fourth-order valence-electron chi connectivity index (χ4n) is 2.62. The summed E-state index contributed by atoms with van der Waals surface area (Å²) in [6.45, 7) is 3.50. The zero-order valence-electron chi connectivity index (χ0n) is 11.0. The average molecular weight is 241 g/mol. The summed E-state index contributed by atoms with van der Waals surface area (Å²) in [5.74, 6) is 0.861. The van der Waals surface area contributed by atoms with Crippen molar-refractivity contribution in [1.82, 2.24) is 5.32 Å². The van der Waals surface area contributed by atoms with E-state index in [4.69, 9.17) is 4.74 Å². The average Bonchev–Trinajstić information content (AvgIpc) is 2.26. The Kier molecular flexibility index (Phi) is 5.26. The summed E-state index contributed by atoms with van der Waals surface area (Å²) >= 11 is 0. The van der Waals surface area contributed by atoms with E-state index in [1.807, 2.05) is 0 Å². The normalized spacial score (nSPS) is 32.1. The molecule has 0 radical (unpaired) electrons. The maximum Gasteiger partial charge on any atom is 0.0897 e. The molecule has 1 unspecified atom stereocenters. The molecule has 3 nitrogen and oxygen atoms in total. The van der Waals surface area contributed by atoms with Crippen LogP contribution in [0, 0.1) is 5.92 Å². The second-order valence-electron chi connectivity index (χ2n) is 5.91. The van der Waals surface area contributed by atoms with Gasteiger partial charge < -0.3 is 15.2 Å². The van der Waals surface area contributed by atoms with Crippen LogP contribution in [0.3, 0.4) is 0 Å². The topological polar surface area (TPSA) is 41.5 Å². The molecule has 100 valence electrons. The lowest BCUT2D eigenvalue weighted by Crippen LogP contribution is -2.41. The van der Waals surface area contributed by atoms with E-state index in [1.54, 1.807) is 0 Å². The molecule has 0 heterocycles. The van der Waals surface area contributed by atoms with E-state index in [9.17, 15) is 5.11 Å². The third-order valence-corrected chi connectivity index (χ3v) is 4.23. The van der Waals surface area contributed by atoms with Crippen LogP contribution < -0.4 is 5.32 Å². The molecule has 2 aliphatic carbocycles. The molecule has 0 bridgehead atoms. The van der Waals surface area contributed by atoms with Crippen molar-refractivity contribution in [3.05, 3.63) is 0 Å². The second kappa shape index (κ2) is 6.72. The molecule has 0 amide bonds. The highest BCUT2D eigenvalue weighted by Crippen LogP contribution is 2.25. The van der Waals surface area contributed by atoms with Crippen LogP contribution in [0.4, 0.5) is 0 Å². The van der Waals surface area contributed by atoms with Crippen molar-refractivity contribution in [1.29, 1.82) is 0 Å². The van der Waals surface area contributed by atoms with Gasteiger partial charge in [0.15, 0.2) is 0 Å². The molecule has 1 atom stereocenters. The fourth-order valence-corrected chi connectivity index (χ4v) is 2.62. The van der Waals surface area contributed by atoms with Gasteiger partial charge in [0.1, 0.15) is 0 Å². The van der Waals surface area contributed by atoms with Crippen LogP contribution in [0.2, 0.25) is 0 Å². The van der Waals surface area contributed by atoms with Gasteiger partial charge in [-0.15, -0.1) is 0 Å². The molecule has 0 aromatic heterocycles. The summed E-state index contributed by atoms with van der Waals surface area (Å²) in [6.07, 6.45) is 8.84. The van der Waals surface area contributed by atoms with E-state index >= 15 is 0 Å². The Balaban J connectivity index is 1.51. The molecule has 0 aromatic carbocycles. The number of rotatable bonds is 6. The molecular formula is C14H27NO2. The van der Waals surface area contributed by atoms with Crippen molar-refractivity contribution < 1.29 is 9.84 Å². The summed E-state index contributed by atoms with van der Waals surface area (Å²) in [5, 5.41) is 13.2. The first-order valence-corrected chi connectivity index (χ1v) is 7.27. The largest absolute Gasteiger partial charge is 0.389 e. The number of ether oxygens (including phenoxy) is 1. The lowest BCUT2D eigenvalue weighted by atomic mass is 9.89. The molecule has 2 aliphatic rings. The van der Waals surface area contributed by atoms with E-state index in [1.165, 1.54) is 44.9 Å². The molecule has 2 saturated carbocycles. The second-order valence-corrected chi connectivity index (χ2v) is 5.91. The number of hydrogen-bond donors (Lipinski definition) is 2. The van der Waals surface area contributed by atoms with E-state index in [0.29, 0.717) is 25.3 Å². The van der Waals surface area contributed by atoms with Gasteiger partial charge in [-0.05, 0) is 44.4 Å². The number of aliphatic hydroxyl groups is 1. The molecule has 17 heavy (non-hydrogen) atoms. The molecule has 2 N–H and O–H groups in total. The van der Waals surface area contributed by atoms with Crippen molar-refractivity contribution in [2.24, 2.45) is 5.92 Å². The summed E-state index contributed by atoms with van der Waals surface area (Å²) in [6, 6.07) is 0.653. The minimum atomic E-state index is -0.338. The highest BCUT2D eigenvalue weighted by Gasteiger charge is 2.21. The predicted molar refractivity (Wildman–Crippen MR) is 69.0 cm³/mol. The van der Waals surface area contributed by atoms with Gasteiger partial charge in [0, 0.05) is 12.6 Å². The Bertz CT molecular complexity index is 210. The van der Waals surface area contributed by atoms with Crippen LogP contribution in [0.1, 0.15) is 51.9 Å². The fraction of sp³-hybridized carbons (Fsp3) is 1.00. The number of hydrogen-bond acceptors (Lipinski definition) is 3. The SMILES string of the molecule is CC1CCC(OCC(O)CNC2CCC2)CC1. The van der Waals surface area contributed by atoms with E-state index < -0.39 is 0 Å². The van der Waals surface area contributed by atoms with Gasteiger partial charge in [0.05, 0.1) is 18.8 Å². The maximum absolute atomic E-state index is 9.81. The van der Waals surface area contributed by atoms with Crippen LogP contribution >= 0.6 is 0 Å². The third kappa shape index (κ3) is 4.57. The summed E-state index contributed by atoms with van der Waals surface area (Å²) < 4.78 is 5.79. The highest BCUT2D eigenvalue weighted by atomic mass is 16.5. The molecule has 2 fully saturated rings. The monoisotopic (exact) mass is 241 g/mol. The molecular weight excluding hydrogens is 214 g/mol. The first kappa shape index (κ1) is 13.3. The smallest absolute Gasteiger partial charge is 0.0897 e. The summed E-state index contributed by atoms with van der Waals surface area (Å²) in [5.41, 5.74) is 0. The summed E-state index contributed by atoms with van der Waals surface area (Å²) in [7, 11) is 0. The Morgan fingerprint density at radius 2 is 1.88 bits per heavy atom. The molecule has 3 heteroatoms. The molecule has 2 rings (SSSR count). The molecule has 0 aromatic rings. The van der Waals surface area contributed by atoms with Gasteiger partial charge >= 0.3 is 0 Å². The number of nitrogens with one attached hydrogen (secondary N) is 1. The minimum Gasteiger partial charge on any atom is -0.389 e. The van der Waals surface area contributed by atoms with Gasteiger partial charge in [-0.25, -0.2) is 0 Å². The Morgan fingerprint density at radius 1 is 1.18 bits per heavy atom. The van der Waals surface area contributed by atoms with Crippen molar-refractivity contribution in [3.63, 3.8) is 0 Å².